The third-order valence-electron chi connectivity index (χ3n) is 12.0. The SMILES string of the molecule is COc1cc(-c2cn(C)c(=O)c3cnccc23)cc(F)c1CN1CCC(N(C)C(=O)C2CCN(c3ccc4c(N5CCC(=O)NC5=O)n[nH]c4c3C(F)(F)F)CC2)CC1. The lowest BCUT2D eigenvalue weighted by atomic mass is 9.92. The number of amides is 4. The van der Waals surface area contributed by atoms with Crippen LogP contribution in [0.3, 0.4) is 0 Å². The number of aromatic nitrogens is 4. The van der Waals surface area contributed by atoms with Gasteiger partial charge in [-0.1, -0.05) is 0 Å². The standard InChI is InChI=1S/C41H43F4N9O5/c1-50-21-29(26-6-12-46-20-28(26)39(50)57)24-18-31(42)30(33(19-24)59-3)22-52-13-9-25(10-14-52)51(2)38(56)23-7-15-53(16-8-23)32-5-4-27-36(35(32)41(43,44)45)48-49-37(27)54-17-11-34(55)47-40(54)58/h4-6,12,18-21,23,25H,7-11,13-17,22H2,1-3H3,(H,48,49)(H,47,55,58). The highest BCUT2D eigenvalue weighted by molar-refractivity contribution is 6.09. The number of nitrogens with one attached hydrogen (secondary N) is 2. The van der Waals surface area contributed by atoms with Gasteiger partial charge in [0.05, 0.1) is 23.7 Å². The molecule has 0 radical (unpaired) electrons. The molecule has 3 aliphatic heterocycles. The Bertz CT molecular complexity index is 2520. The number of carbonyl (C=O) groups excluding carboxylic acids is 3. The number of ether oxygens (including phenoxy) is 1. The van der Waals surface area contributed by atoms with E-state index in [9.17, 15) is 32.3 Å². The summed E-state index contributed by atoms with van der Waals surface area (Å²) >= 11 is 0. The molecule has 0 unspecified atom stereocenters. The van der Waals surface area contributed by atoms with E-state index in [0.29, 0.717) is 78.5 Å². The molecule has 5 aromatic rings. The number of imide groups is 1. The number of aromatic amines is 1. The zero-order chi connectivity index (χ0) is 41.7. The van der Waals surface area contributed by atoms with Crippen LogP contribution in [0, 0.1) is 11.7 Å². The monoisotopic (exact) mass is 817 g/mol. The highest BCUT2D eigenvalue weighted by Gasteiger charge is 2.41. The first-order valence-electron chi connectivity index (χ1n) is 19.5. The number of benzene rings is 2. The summed E-state index contributed by atoms with van der Waals surface area (Å²) < 4.78 is 67.0. The maximum atomic E-state index is 15.9. The fraction of sp³-hybridized carbons (Fsp3) is 0.415. The minimum absolute atomic E-state index is 0.00228. The maximum absolute atomic E-state index is 15.9. The minimum atomic E-state index is -4.75. The quantitative estimate of drug-likeness (QED) is 0.196. The Labute approximate surface area is 335 Å². The van der Waals surface area contributed by atoms with Crippen LogP contribution in [0.4, 0.5) is 33.9 Å². The van der Waals surface area contributed by atoms with Crippen molar-refractivity contribution >= 4 is 51.0 Å². The van der Waals surface area contributed by atoms with Crippen LogP contribution in [0.15, 0.2) is 53.7 Å². The summed E-state index contributed by atoms with van der Waals surface area (Å²) in [5.74, 6) is -0.908. The van der Waals surface area contributed by atoms with Gasteiger partial charge in [-0.3, -0.25) is 39.6 Å². The average molecular weight is 818 g/mol. The van der Waals surface area contributed by atoms with Crippen molar-refractivity contribution in [3.63, 3.8) is 0 Å². The van der Waals surface area contributed by atoms with Crippen molar-refractivity contribution in [2.75, 3.05) is 56.7 Å². The predicted molar refractivity (Wildman–Crippen MR) is 212 cm³/mol. The first kappa shape index (κ1) is 39.8. The molecule has 2 aromatic carbocycles. The number of carbonyl (C=O) groups is 3. The van der Waals surface area contributed by atoms with E-state index in [4.69, 9.17) is 4.74 Å². The average Bonchev–Trinajstić information content (AvgIpc) is 3.65. The fourth-order valence-corrected chi connectivity index (χ4v) is 8.75. The van der Waals surface area contributed by atoms with Crippen molar-refractivity contribution in [2.24, 2.45) is 13.0 Å². The Morgan fingerprint density at radius 2 is 1.73 bits per heavy atom. The molecule has 6 heterocycles. The second-order valence-electron chi connectivity index (χ2n) is 15.4. The topological polar surface area (TPSA) is 149 Å². The molecule has 3 fully saturated rings. The molecule has 3 aromatic heterocycles. The number of H-pyrrole nitrogens is 1. The van der Waals surface area contributed by atoms with Gasteiger partial charge in [-0.25, -0.2) is 9.18 Å². The molecular weight excluding hydrogens is 775 g/mol. The van der Waals surface area contributed by atoms with Gasteiger partial charge < -0.3 is 19.1 Å². The lowest BCUT2D eigenvalue weighted by Gasteiger charge is -2.40. The number of piperidine rings is 2. The fourth-order valence-electron chi connectivity index (χ4n) is 8.75. The van der Waals surface area contributed by atoms with E-state index in [2.05, 4.69) is 25.4 Å². The number of nitrogens with zero attached hydrogens (tertiary/aromatic N) is 7. The smallest absolute Gasteiger partial charge is 0.420 e. The van der Waals surface area contributed by atoms with Crippen molar-refractivity contribution < 1.29 is 36.7 Å². The number of urea groups is 1. The highest BCUT2D eigenvalue weighted by atomic mass is 19.4. The lowest BCUT2D eigenvalue weighted by Crippen LogP contribution is -2.49. The van der Waals surface area contributed by atoms with Crippen LogP contribution in [0.2, 0.25) is 0 Å². The van der Waals surface area contributed by atoms with Gasteiger partial charge in [0, 0.05) is 107 Å². The van der Waals surface area contributed by atoms with Crippen molar-refractivity contribution in [1.82, 2.24) is 34.9 Å². The van der Waals surface area contributed by atoms with Crippen LogP contribution < -0.4 is 25.4 Å². The van der Waals surface area contributed by atoms with Crippen LogP contribution in [0.25, 0.3) is 32.8 Å². The predicted octanol–water partition coefficient (Wildman–Crippen LogP) is 5.43. The van der Waals surface area contributed by atoms with Crippen LogP contribution in [0.1, 0.15) is 43.2 Å². The zero-order valence-corrected chi connectivity index (χ0v) is 32.7. The van der Waals surface area contributed by atoms with Gasteiger partial charge in [0.2, 0.25) is 11.8 Å². The summed E-state index contributed by atoms with van der Waals surface area (Å²) in [6.45, 7) is 1.99. The van der Waals surface area contributed by atoms with E-state index >= 15 is 4.39 Å². The summed E-state index contributed by atoms with van der Waals surface area (Å²) in [4.78, 5) is 61.3. The van der Waals surface area contributed by atoms with Gasteiger partial charge in [0.15, 0.2) is 5.82 Å². The molecule has 0 spiro atoms. The molecule has 4 amide bonds. The van der Waals surface area contributed by atoms with Gasteiger partial charge >= 0.3 is 12.2 Å². The number of methoxy groups -OCH3 is 1. The number of hydrogen-bond acceptors (Lipinski definition) is 9. The molecular formula is C41H43F4N9O5. The summed E-state index contributed by atoms with van der Waals surface area (Å²) in [5, 5.41) is 9.89. The zero-order valence-electron chi connectivity index (χ0n) is 32.7. The van der Waals surface area contributed by atoms with E-state index in [0.717, 1.165) is 4.90 Å². The normalized spacial score (nSPS) is 17.5. The van der Waals surface area contributed by atoms with E-state index in [-0.39, 0.29) is 71.9 Å². The Morgan fingerprint density at radius 1 is 0.983 bits per heavy atom. The molecule has 3 saturated heterocycles. The van der Waals surface area contributed by atoms with Crippen molar-refractivity contribution in [3.8, 4) is 16.9 Å². The molecule has 0 saturated carbocycles. The number of hydrogen-bond donors (Lipinski definition) is 2. The first-order valence-corrected chi connectivity index (χ1v) is 19.5. The van der Waals surface area contributed by atoms with Gasteiger partial charge in [-0.15, -0.1) is 0 Å². The number of aryl methyl sites for hydroxylation is 1. The van der Waals surface area contributed by atoms with Gasteiger partial charge in [0.1, 0.15) is 17.1 Å². The molecule has 14 nitrogen and oxygen atoms in total. The van der Waals surface area contributed by atoms with Crippen LogP contribution in [-0.4, -0.2) is 100 Å². The van der Waals surface area contributed by atoms with E-state index in [1.165, 1.54) is 36.1 Å². The second-order valence-corrected chi connectivity index (χ2v) is 15.4. The van der Waals surface area contributed by atoms with Crippen LogP contribution in [0.5, 0.6) is 5.75 Å². The van der Waals surface area contributed by atoms with Gasteiger partial charge in [-0.2, -0.15) is 18.3 Å². The van der Waals surface area contributed by atoms with Crippen molar-refractivity contribution in [3.05, 3.63) is 76.2 Å². The molecule has 2 N–H and O–H groups in total. The molecule has 0 aliphatic carbocycles. The third kappa shape index (κ3) is 7.45. The number of likely N-dealkylation sites (tertiary alicyclic amines) is 1. The number of anilines is 2. The largest absolute Gasteiger partial charge is 0.496 e. The van der Waals surface area contributed by atoms with Crippen molar-refractivity contribution in [2.45, 2.75) is 50.9 Å². The number of halogens is 4. The minimum Gasteiger partial charge on any atom is -0.496 e. The van der Waals surface area contributed by atoms with E-state index in [1.807, 2.05) is 0 Å². The Kier molecular flexibility index (Phi) is 10.5. The summed E-state index contributed by atoms with van der Waals surface area (Å²) in [6.07, 6.45) is 2.09. The maximum Gasteiger partial charge on any atom is 0.420 e. The highest BCUT2D eigenvalue weighted by Crippen LogP contribution is 2.44. The third-order valence-corrected chi connectivity index (χ3v) is 12.0. The summed E-state index contributed by atoms with van der Waals surface area (Å²) in [5.41, 5.74) is 0.257. The lowest BCUT2D eigenvalue weighted by molar-refractivity contribution is -0.138. The number of rotatable bonds is 8. The van der Waals surface area contributed by atoms with Gasteiger partial charge in [0.25, 0.3) is 5.56 Å². The molecule has 59 heavy (non-hydrogen) atoms. The molecule has 8 rings (SSSR count). The first-order chi connectivity index (χ1) is 28.2. The molecule has 0 bridgehead atoms. The molecule has 0 atom stereocenters. The number of alkyl halides is 3. The molecule has 310 valence electrons. The summed E-state index contributed by atoms with van der Waals surface area (Å²) in [7, 11) is 4.91. The number of fused-ring (bicyclic) bond motifs is 2. The van der Waals surface area contributed by atoms with E-state index < -0.39 is 29.5 Å². The Morgan fingerprint density at radius 3 is 2.42 bits per heavy atom. The molecule has 18 heteroatoms. The van der Waals surface area contributed by atoms with Crippen molar-refractivity contribution in [1.29, 1.82) is 0 Å². The molecule has 3 aliphatic rings. The van der Waals surface area contributed by atoms with Gasteiger partial charge in [-0.05, 0) is 67.0 Å². The number of pyridine rings is 2. The Balaban J connectivity index is 0.898. The summed E-state index contributed by atoms with van der Waals surface area (Å²) in [6, 6.07) is 7.04. The van der Waals surface area contributed by atoms with E-state index in [1.54, 1.807) is 48.4 Å². The van der Waals surface area contributed by atoms with Crippen LogP contribution >= 0.6 is 0 Å². The second kappa shape index (κ2) is 15.6. The Hall–Kier alpha value is -6.04. The van der Waals surface area contributed by atoms with Crippen LogP contribution in [-0.2, 0) is 29.4 Å².